The Labute approximate surface area is 162 Å². The standard InChI is InChI=1S/C18H11F2N9/c19-9-4-10-7(2-1-3-25-10)13(20)11(9)15-12-14(23)8(5-21)16(24)28-17(12)29-18(27-15)26-6-22/h1-4,15H,(H6,23,24,26,27,28,29). The monoisotopic (exact) mass is 391 g/mol. The van der Waals surface area contributed by atoms with Crippen LogP contribution in [-0.2, 0) is 0 Å². The summed E-state index contributed by atoms with van der Waals surface area (Å²) in [6.45, 7) is 0. The molecule has 29 heavy (non-hydrogen) atoms. The largest absolute Gasteiger partial charge is 0.397 e. The molecule has 0 aliphatic carbocycles. The molecule has 6 N–H and O–H groups in total. The highest BCUT2D eigenvalue weighted by Gasteiger charge is 2.33. The van der Waals surface area contributed by atoms with Crippen molar-refractivity contribution < 1.29 is 8.78 Å². The smallest absolute Gasteiger partial charge is 0.211 e. The van der Waals surface area contributed by atoms with E-state index in [0.717, 1.165) is 6.07 Å². The second kappa shape index (κ2) is 6.58. The highest BCUT2D eigenvalue weighted by molar-refractivity contribution is 5.98. The van der Waals surface area contributed by atoms with Crippen molar-refractivity contribution in [3.8, 4) is 12.3 Å². The number of fused-ring (bicyclic) bond motifs is 2. The topological polar surface area (TPSA) is 162 Å². The number of anilines is 3. The Morgan fingerprint density at radius 2 is 2.00 bits per heavy atom. The molecule has 3 heterocycles. The SMILES string of the molecule is N#CNC1=NC(c2c(F)cc3ncccc3c2F)c2c(nc(N)c(C#N)c2N)N1. The van der Waals surface area contributed by atoms with Gasteiger partial charge in [-0.3, -0.25) is 10.3 Å². The number of benzene rings is 1. The molecule has 0 fully saturated rings. The number of nitrogens with zero attached hydrogens (tertiary/aromatic N) is 5. The van der Waals surface area contributed by atoms with Crippen molar-refractivity contribution in [2.45, 2.75) is 6.04 Å². The summed E-state index contributed by atoms with van der Waals surface area (Å²) in [6, 6.07) is 4.54. The Morgan fingerprint density at radius 1 is 1.21 bits per heavy atom. The zero-order valence-corrected chi connectivity index (χ0v) is 14.5. The molecule has 142 valence electrons. The summed E-state index contributed by atoms with van der Waals surface area (Å²) in [5.41, 5.74) is 11.4. The number of hydrogen-bond acceptors (Lipinski definition) is 9. The van der Waals surface area contributed by atoms with E-state index in [0.29, 0.717) is 0 Å². The third-order valence-electron chi connectivity index (χ3n) is 4.46. The summed E-state index contributed by atoms with van der Waals surface area (Å²) in [5, 5.41) is 23.3. The molecule has 1 aromatic carbocycles. The van der Waals surface area contributed by atoms with Gasteiger partial charge in [-0.1, -0.05) is 0 Å². The summed E-state index contributed by atoms with van der Waals surface area (Å²) >= 11 is 0. The van der Waals surface area contributed by atoms with Crippen LogP contribution < -0.4 is 22.1 Å². The minimum absolute atomic E-state index is 0.0295. The number of halogens is 2. The van der Waals surface area contributed by atoms with Crippen LogP contribution >= 0.6 is 0 Å². The lowest BCUT2D eigenvalue weighted by Crippen LogP contribution is -2.33. The molecule has 0 bridgehead atoms. The first kappa shape index (κ1) is 17.9. The minimum Gasteiger partial charge on any atom is -0.397 e. The fraction of sp³-hybridized carbons (Fsp3) is 0.0556. The molecule has 1 atom stereocenters. The van der Waals surface area contributed by atoms with Crippen molar-refractivity contribution in [2.24, 2.45) is 4.99 Å². The predicted octanol–water partition coefficient (Wildman–Crippen LogP) is 1.89. The van der Waals surface area contributed by atoms with E-state index in [1.165, 1.54) is 18.3 Å². The Morgan fingerprint density at radius 3 is 2.72 bits per heavy atom. The molecule has 1 aliphatic heterocycles. The second-order valence-electron chi connectivity index (χ2n) is 6.06. The molecular weight excluding hydrogens is 380 g/mol. The summed E-state index contributed by atoms with van der Waals surface area (Å²) in [5.74, 6) is -2.05. The van der Waals surface area contributed by atoms with Gasteiger partial charge in [0.25, 0.3) is 0 Å². The zero-order chi connectivity index (χ0) is 20.7. The van der Waals surface area contributed by atoms with Gasteiger partial charge in [0.15, 0.2) is 6.19 Å². The summed E-state index contributed by atoms with van der Waals surface area (Å²) in [6.07, 6.45) is 3.08. The number of guanidine groups is 1. The molecule has 0 saturated heterocycles. The molecular formula is C18H11F2N9. The van der Waals surface area contributed by atoms with Crippen molar-refractivity contribution in [3.63, 3.8) is 0 Å². The minimum atomic E-state index is -1.33. The van der Waals surface area contributed by atoms with Crippen LogP contribution in [0.25, 0.3) is 10.9 Å². The molecule has 9 nitrogen and oxygen atoms in total. The van der Waals surface area contributed by atoms with Crippen LogP contribution in [0.4, 0.5) is 26.1 Å². The molecule has 0 saturated carbocycles. The Balaban J connectivity index is 2.05. The van der Waals surface area contributed by atoms with Crippen LogP contribution in [0.1, 0.15) is 22.7 Å². The summed E-state index contributed by atoms with van der Waals surface area (Å²) in [4.78, 5) is 12.2. The van der Waals surface area contributed by atoms with E-state index < -0.39 is 23.2 Å². The molecule has 0 amide bonds. The van der Waals surface area contributed by atoms with Crippen LogP contribution in [0, 0.1) is 34.4 Å². The van der Waals surface area contributed by atoms with Gasteiger partial charge in [-0.25, -0.2) is 18.8 Å². The van der Waals surface area contributed by atoms with Crippen LogP contribution in [0.15, 0.2) is 29.4 Å². The van der Waals surface area contributed by atoms with Gasteiger partial charge in [0.2, 0.25) is 5.96 Å². The lowest BCUT2D eigenvalue weighted by molar-refractivity contribution is 0.551. The van der Waals surface area contributed by atoms with E-state index >= 15 is 4.39 Å². The number of nitrogens with two attached hydrogens (primary N) is 2. The van der Waals surface area contributed by atoms with E-state index in [9.17, 15) is 9.65 Å². The van der Waals surface area contributed by atoms with Gasteiger partial charge in [0, 0.05) is 23.2 Å². The van der Waals surface area contributed by atoms with Crippen LogP contribution in [0.5, 0.6) is 0 Å². The van der Waals surface area contributed by atoms with E-state index in [2.05, 4.69) is 25.6 Å². The van der Waals surface area contributed by atoms with Crippen LogP contribution in [0.3, 0.4) is 0 Å². The Hall–Kier alpha value is -4.51. The molecule has 4 rings (SSSR count). The van der Waals surface area contributed by atoms with Gasteiger partial charge in [-0.2, -0.15) is 10.5 Å². The number of nitriles is 2. The van der Waals surface area contributed by atoms with Crippen molar-refractivity contribution in [1.29, 1.82) is 10.5 Å². The molecule has 1 unspecified atom stereocenters. The van der Waals surface area contributed by atoms with E-state index in [4.69, 9.17) is 16.7 Å². The maximum atomic E-state index is 15.3. The summed E-state index contributed by atoms with van der Waals surface area (Å²) in [7, 11) is 0. The van der Waals surface area contributed by atoms with Gasteiger partial charge in [-0.15, -0.1) is 0 Å². The molecule has 1 aliphatic rings. The zero-order valence-electron chi connectivity index (χ0n) is 14.5. The third kappa shape index (κ3) is 2.69. The molecule has 3 aromatic rings. The number of aliphatic imine (C=N–C) groups is 1. The van der Waals surface area contributed by atoms with Gasteiger partial charge in [-0.05, 0) is 12.1 Å². The fourth-order valence-electron chi connectivity index (χ4n) is 3.21. The summed E-state index contributed by atoms with van der Waals surface area (Å²) < 4.78 is 30.3. The lowest BCUT2D eigenvalue weighted by atomic mass is 9.93. The van der Waals surface area contributed by atoms with Crippen LogP contribution in [0.2, 0.25) is 0 Å². The van der Waals surface area contributed by atoms with Crippen molar-refractivity contribution >= 4 is 34.2 Å². The number of aromatic nitrogens is 2. The quantitative estimate of drug-likeness (QED) is 0.361. The highest BCUT2D eigenvalue weighted by Crippen LogP contribution is 2.42. The normalized spacial score (nSPS) is 14.9. The molecule has 0 spiro atoms. The first-order valence-electron chi connectivity index (χ1n) is 8.17. The van der Waals surface area contributed by atoms with Crippen LogP contribution in [-0.4, -0.2) is 15.9 Å². The average Bonchev–Trinajstić information content (AvgIpc) is 2.68. The Bertz CT molecular complexity index is 1290. The number of hydrogen-bond donors (Lipinski definition) is 4. The van der Waals surface area contributed by atoms with Crippen molar-refractivity contribution in [2.75, 3.05) is 16.8 Å². The van der Waals surface area contributed by atoms with Gasteiger partial charge in [0.1, 0.15) is 40.9 Å². The first-order chi connectivity index (χ1) is 14.0. The average molecular weight is 391 g/mol. The predicted molar refractivity (Wildman–Crippen MR) is 101 cm³/mol. The van der Waals surface area contributed by atoms with Crippen molar-refractivity contribution in [1.82, 2.24) is 15.3 Å². The number of rotatable bonds is 1. The lowest BCUT2D eigenvalue weighted by Gasteiger charge is -2.26. The number of nitrogens with one attached hydrogen (secondary N) is 2. The number of pyridine rings is 2. The van der Waals surface area contributed by atoms with Gasteiger partial charge < -0.3 is 16.8 Å². The highest BCUT2D eigenvalue weighted by atomic mass is 19.1. The molecule has 0 radical (unpaired) electrons. The molecule has 2 aromatic heterocycles. The number of nitrogen functional groups attached to an aromatic ring is 2. The maximum absolute atomic E-state index is 15.3. The maximum Gasteiger partial charge on any atom is 0.211 e. The first-order valence-corrected chi connectivity index (χ1v) is 8.17. The van der Waals surface area contributed by atoms with Crippen molar-refractivity contribution in [3.05, 3.63) is 52.7 Å². The fourth-order valence-corrected chi connectivity index (χ4v) is 3.21. The van der Waals surface area contributed by atoms with E-state index in [1.807, 2.05) is 6.07 Å². The Kier molecular flexibility index (Phi) is 4.06. The third-order valence-corrected chi connectivity index (χ3v) is 4.46. The van der Waals surface area contributed by atoms with E-state index in [-0.39, 0.29) is 45.3 Å². The van der Waals surface area contributed by atoms with E-state index in [1.54, 1.807) is 6.19 Å². The second-order valence-corrected chi connectivity index (χ2v) is 6.06. The molecule has 11 heteroatoms. The van der Waals surface area contributed by atoms with Gasteiger partial charge in [0.05, 0.1) is 16.8 Å². The van der Waals surface area contributed by atoms with Gasteiger partial charge >= 0.3 is 0 Å².